The molecule has 0 radical (unpaired) electrons. The van der Waals surface area contributed by atoms with Gasteiger partial charge < -0.3 is 59.4 Å². The minimum atomic E-state index is -1.12. The first-order valence-electron chi connectivity index (χ1n) is 7.15. The van der Waals surface area contributed by atoms with Crippen LogP contribution in [-0.2, 0) is 33.6 Å². The van der Waals surface area contributed by atoms with Gasteiger partial charge in [0, 0.05) is 147 Å². The smallest absolute Gasteiger partial charge is 0.197 e. The molecule has 0 aromatic carbocycles. The van der Waals surface area contributed by atoms with Crippen LogP contribution in [0.3, 0.4) is 0 Å². The Labute approximate surface area is 277 Å². The largest absolute Gasteiger partial charge is 0.528 e. The Bertz CT molecular complexity index is 1060. The zero-order valence-corrected chi connectivity index (χ0v) is 29.3. The third kappa shape index (κ3) is 26.9. The van der Waals surface area contributed by atoms with Crippen LogP contribution in [0.2, 0.25) is 0 Å². The second-order valence-corrected chi connectivity index (χ2v) is 17.0. The van der Waals surface area contributed by atoms with Crippen LogP contribution in [0.4, 0.5) is 28.8 Å². The first-order valence-corrected chi connectivity index (χ1v) is 19.9. The number of hydrogen-bond donors (Lipinski definition) is 0. The number of carboxylic acid groups (broad SMARTS) is 6. The monoisotopic (exact) mass is 877 g/mol. The van der Waals surface area contributed by atoms with E-state index < -0.39 is 36.6 Å². The molecule has 0 aliphatic heterocycles. The molecule has 0 aliphatic carbocycles. The molecule has 6 aromatic rings. The molecule has 0 spiro atoms. The van der Waals surface area contributed by atoms with E-state index in [-0.39, 0.29) is 21.1 Å². The summed E-state index contributed by atoms with van der Waals surface area (Å²) in [5, 5.41) is 57.2. The Hall–Kier alpha value is -1.03. The molecule has 0 saturated heterocycles. The van der Waals surface area contributed by atoms with Crippen LogP contribution in [0.25, 0.3) is 0 Å². The average molecular weight is 877 g/mol. The SMILES string of the molecule is O=C([O-])n1ss1.O=C([O-])n1ss1.O=C([O-])n1ss1.O=C([O-])n1ss1.O=C([O-])n1ss1.O=C([O-])n1ss1.O=S.[Mo]. The van der Waals surface area contributed by atoms with E-state index in [0.29, 0.717) is 0 Å². The Morgan fingerprint density at radius 3 is 0.410 bits per heavy atom. The van der Waals surface area contributed by atoms with E-state index in [4.69, 9.17) is 4.21 Å². The van der Waals surface area contributed by atoms with E-state index >= 15 is 0 Å². The summed E-state index contributed by atoms with van der Waals surface area (Å²) in [6.45, 7) is 0. The maximum absolute atomic E-state index is 9.53. The number of rotatable bonds is 0. The van der Waals surface area contributed by atoms with Crippen LogP contribution in [0.15, 0.2) is 0 Å². The Balaban J connectivity index is 0. The molecule has 6 rings (SSSR count). The molecule has 0 fully saturated rings. The van der Waals surface area contributed by atoms with Gasteiger partial charge in [0.2, 0.25) is 0 Å². The molecule has 6 aromatic heterocycles. The van der Waals surface area contributed by atoms with Crippen molar-refractivity contribution in [3.63, 3.8) is 0 Å². The molecule has 0 saturated carbocycles. The number of nitrogens with zero attached hydrogens (tertiary/aromatic N) is 6. The summed E-state index contributed by atoms with van der Waals surface area (Å²) in [4.78, 5) is 57.2. The third-order valence-electron chi connectivity index (χ3n) is 1.79. The molecule has 0 aliphatic rings. The van der Waals surface area contributed by atoms with Crippen LogP contribution < -0.4 is 30.6 Å². The predicted octanol–water partition coefficient (Wildman–Crippen LogP) is -1.52. The molecule has 6 heterocycles. The summed E-state index contributed by atoms with van der Waals surface area (Å²) >= 11 is 2.83. The van der Waals surface area contributed by atoms with E-state index in [0.717, 1.165) is 147 Å². The molecule has 33 heteroatoms. The molecule has 0 amide bonds. The van der Waals surface area contributed by atoms with Crippen molar-refractivity contribution in [2.24, 2.45) is 0 Å². The molecule has 19 nitrogen and oxygen atoms in total. The summed E-state index contributed by atoms with van der Waals surface area (Å²) in [5.41, 5.74) is 0. The fourth-order valence-electron chi connectivity index (χ4n) is 0.465. The molecular weight excluding hydrogens is 877 g/mol. The fourth-order valence-corrected chi connectivity index (χ4v) is 4.19. The molecule has 0 unspecified atom stereocenters. The minimum absolute atomic E-state index is 0. The maximum atomic E-state index is 9.53. The number of hydrogen-bond acceptors (Lipinski definition) is 26. The average Bonchev–Trinajstić information content (AvgIpc) is 3.68. The zero-order valence-electron chi connectivity index (χ0n) is 16.7. The van der Waals surface area contributed by atoms with Gasteiger partial charge in [-0.25, -0.2) is 0 Å². The quantitative estimate of drug-likeness (QED) is 0.124. The second kappa shape index (κ2) is 21.7. The second-order valence-electron chi connectivity index (χ2n) is 4.03. The van der Waals surface area contributed by atoms with Gasteiger partial charge >= 0.3 is 0 Å². The van der Waals surface area contributed by atoms with Gasteiger partial charge in [-0.3, -0.25) is 0 Å². The number of carbonyl (C=O) groups excluding carboxylic acids is 6. The maximum Gasteiger partial charge on any atom is 0.197 e. The predicted molar refractivity (Wildman–Crippen MR) is 134 cm³/mol. The molecular formula is C6MoN6O13S13-6. The van der Waals surface area contributed by atoms with E-state index in [2.05, 4.69) is 12.5 Å². The number of aromatic nitrogens is 6. The van der Waals surface area contributed by atoms with Crippen molar-refractivity contribution in [2.75, 3.05) is 0 Å². The van der Waals surface area contributed by atoms with Gasteiger partial charge in [0.25, 0.3) is 0 Å². The summed E-state index contributed by atoms with van der Waals surface area (Å²) in [6, 6.07) is 0. The van der Waals surface area contributed by atoms with Crippen LogP contribution in [0, 0.1) is 0 Å². The van der Waals surface area contributed by atoms with Crippen LogP contribution >= 0.6 is 126 Å². The normalized spacial score (nSPS) is 8.72. The Morgan fingerprint density at radius 1 is 0.333 bits per heavy atom. The topological polar surface area (TPSA) is 287 Å². The first kappa shape index (κ1) is 40.1. The summed E-state index contributed by atoms with van der Waals surface area (Å²) in [7, 11) is 14.0. The molecule has 222 valence electrons. The van der Waals surface area contributed by atoms with Crippen molar-refractivity contribution >= 4 is 176 Å². The summed E-state index contributed by atoms with van der Waals surface area (Å²) in [6.07, 6.45) is -6.72. The van der Waals surface area contributed by atoms with Crippen molar-refractivity contribution in [1.82, 2.24) is 20.1 Å². The minimum Gasteiger partial charge on any atom is -0.528 e. The molecule has 0 N–H and O–H groups in total. The van der Waals surface area contributed by atoms with Crippen molar-refractivity contribution in [1.29, 1.82) is 0 Å². The van der Waals surface area contributed by atoms with Gasteiger partial charge in [-0.15, -0.1) is 0 Å². The van der Waals surface area contributed by atoms with Gasteiger partial charge in [0.05, 0.1) is 0 Å². The van der Waals surface area contributed by atoms with E-state index in [1.165, 1.54) is 0 Å². The van der Waals surface area contributed by atoms with E-state index in [9.17, 15) is 59.4 Å². The van der Waals surface area contributed by atoms with E-state index in [1.54, 1.807) is 0 Å². The van der Waals surface area contributed by atoms with Crippen molar-refractivity contribution in [3.8, 4) is 0 Å². The van der Waals surface area contributed by atoms with Gasteiger partial charge in [-0.1, -0.05) is 0 Å². The van der Waals surface area contributed by atoms with Gasteiger partial charge in [0.15, 0.2) is 49.1 Å². The molecule has 0 atom stereocenters. The number of carbonyl (C=O) groups is 6. The van der Waals surface area contributed by atoms with Crippen molar-refractivity contribution < 1.29 is 84.7 Å². The van der Waals surface area contributed by atoms with Crippen LogP contribution in [0.5, 0.6) is 0 Å². The summed E-state index contributed by atoms with van der Waals surface area (Å²) in [5.74, 6) is 0. The van der Waals surface area contributed by atoms with Crippen molar-refractivity contribution in [2.45, 2.75) is 0 Å². The van der Waals surface area contributed by atoms with Crippen LogP contribution in [0.1, 0.15) is 0 Å². The molecule has 39 heavy (non-hydrogen) atoms. The van der Waals surface area contributed by atoms with Gasteiger partial charge in [0.1, 0.15) is 0 Å². The van der Waals surface area contributed by atoms with Crippen LogP contribution in [-0.4, -0.2) is 60.8 Å². The Morgan fingerprint density at radius 2 is 0.410 bits per heavy atom. The zero-order chi connectivity index (χ0) is 29.4. The van der Waals surface area contributed by atoms with Gasteiger partial charge in [-0.05, 0) is 0 Å². The Kier molecular flexibility index (Phi) is 22.3. The van der Waals surface area contributed by atoms with Gasteiger partial charge in [-0.2, -0.15) is 24.3 Å². The molecule has 0 bridgehead atoms. The van der Waals surface area contributed by atoms with Crippen molar-refractivity contribution in [3.05, 3.63) is 0 Å². The first-order chi connectivity index (χ1) is 17.8. The fraction of sp³-hybridized carbons (Fsp3) is 0. The third-order valence-corrected chi connectivity index (χ3v) is 10.7. The standard InChI is InChI=1S/6CHNO2S2.Mo.OS/c6*3-1(4)2-5-6-2;;1-2/h6*(H,3,4);;/p-6. The summed E-state index contributed by atoms with van der Waals surface area (Å²) < 4.78 is 14.2. The van der Waals surface area contributed by atoms with E-state index in [1.807, 2.05) is 0 Å².